The zero-order chi connectivity index (χ0) is 34.5. The highest BCUT2D eigenvalue weighted by molar-refractivity contribution is 5.91. The number of hydrogen-bond acceptors (Lipinski definition) is 15. The van der Waals surface area contributed by atoms with Crippen LogP contribution >= 0.6 is 12.4 Å². The number of anilines is 2. The van der Waals surface area contributed by atoms with Crippen molar-refractivity contribution in [1.82, 2.24) is 4.98 Å². The molecule has 0 aliphatic carbocycles. The largest absolute Gasteiger partial charge is 0.508 e. The van der Waals surface area contributed by atoms with Crippen LogP contribution in [0.1, 0.15) is 27.6 Å². The Kier molecular flexibility index (Phi) is 10.7. The van der Waals surface area contributed by atoms with Crippen molar-refractivity contribution in [2.24, 2.45) is 10.2 Å². The number of nitrogens with two attached hydrogens (primary N) is 2. The monoisotopic (exact) mass is 691 g/mol. The number of halogens is 1. The number of nitrogen functional groups attached to an aromatic ring is 2. The average Bonchev–Trinajstić information content (AvgIpc) is 3.05. The second-order valence-electron chi connectivity index (χ2n) is 10.4. The Bertz CT molecular complexity index is 1990. The highest BCUT2D eigenvalue weighted by Gasteiger charge is 2.37. The molecule has 0 saturated carbocycles. The zero-order valence-electron chi connectivity index (χ0n) is 25.2. The number of hydrogen-bond donors (Lipinski definition) is 9. The van der Waals surface area contributed by atoms with Gasteiger partial charge in [0.2, 0.25) is 0 Å². The molecule has 0 amide bonds. The lowest BCUT2D eigenvalue weighted by molar-refractivity contribution is -0.0189. The molecule has 49 heavy (non-hydrogen) atoms. The van der Waals surface area contributed by atoms with Crippen molar-refractivity contribution < 1.29 is 50.0 Å². The second-order valence-corrected chi connectivity index (χ2v) is 10.4. The van der Waals surface area contributed by atoms with Crippen molar-refractivity contribution in [3.63, 3.8) is 0 Å². The van der Waals surface area contributed by atoms with E-state index in [-0.39, 0.29) is 58.8 Å². The molecular weight excluding hydrogens is 662 g/mol. The van der Waals surface area contributed by atoms with Crippen molar-refractivity contribution in [1.29, 1.82) is 0 Å². The maximum absolute atomic E-state index is 12.7. The van der Waals surface area contributed by atoms with E-state index in [4.69, 9.17) is 20.9 Å². The molecule has 0 bridgehead atoms. The van der Waals surface area contributed by atoms with Crippen LogP contribution in [0.5, 0.6) is 46.0 Å². The van der Waals surface area contributed by atoms with Crippen LogP contribution in [0.2, 0.25) is 0 Å². The molecule has 1 aliphatic rings. The van der Waals surface area contributed by atoms with Crippen LogP contribution in [0, 0.1) is 0 Å². The third kappa shape index (κ3) is 8.22. The summed E-state index contributed by atoms with van der Waals surface area (Å²) in [4.78, 5) is 16.6. The first-order valence-electron chi connectivity index (χ1n) is 14.1. The zero-order valence-corrected chi connectivity index (χ0v) is 26.0. The molecule has 1 aliphatic heterocycles. The number of carbonyl (C=O) groups is 1. The maximum atomic E-state index is 12.7. The van der Waals surface area contributed by atoms with Gasteiger partial charge in [0, 0.05) is 29.7 Å². The third-order valence-electron chi connectivity index (χ3n) is 7.01. The SMILES string of the molecule is Cl.Nc1ccc(N=Nc2ccccc2)c(N)n1.O=C(OC1Cc2c(O)cc(O)cc2OC1c1ccc(O)c(O)c1)c1cc(O)c(O)c(O)c1. The number of carbonyl (C=O) groups excluding carboxylic acids is 1. The molecular formula is C33H30ClN5O10. The van der Waals surface area contributed by atoms with Gasteiger partial charge in [0.25, 0.3) is 0 Å². The lowest BCUT2D eigenvalue weighted by Crippen LogP contribution is -2.34. The Hall–Kier alpha value is -6.61. The molecule has 4 aromatic carbocycles. The normalized spacial score (nSPS) is 14.8. The highest BCUT2D eigenvalue weighted by Crippen LogP contribution is 2.44. The lowest BCUT2D eigenvalue weighted by atomic mass is 9.93. The van der Waals surface area contributed by atoms with E-state index in [2.05, 4.69) is 15.2 Å². The van der Waals surface area contributed by atoms with Crippen molar-refractivity contribution in [3.8, 4) is 46.0 Å². The third-order valence-corrected chi connectivity index (χ3v) is 7.01. The second kappa shape index (κ2) is 14.9. The summed E-state index contributed by atoms with van der Waals surface area (Å²) >= 11 is 0. The Labute approximate surface area is 284 Å². The highest BCUT2D eigenvalue weighted by atomic mass is 35.5. The van der Waals surface area contributed by atoms with Crippen molar-refractivity contribution in [2.75, 3.05) is 11.5 Å². The molecule has 11 N–H and O–H groups in total. The number of rotatable bonds is 5. The van der Waals surface area contributed by atoms with Crippen LogP contribution in [-0.2, 0) is 11.2 Å². The summed E-state index contributed by atoms with van der Waals surface area (Å²) in [5.74, 6) is -3.78. The fourth-order valence-electron chi connectivity index (χ4n) is 4.65. The quantitative estimate of drug-likeness (QED) is 0.0617. The van der Waals surface area contributed by atoms with E-state index in [0.29, 0.717) is 17.1 Å². The molecule has 1 aromatic heterocycles. The predicted molar refractivity (Wildman–Crippen MR) is 178 cm³/mol. The number of aromatic nitrogens is 1. The van der Waals surface area contributed by atoms with E-state index in [1.165, 1.54) is 24.3 Å². The first kappa shape index (κ1) is 35.2. The topological polar surface area (TPSA) is 267 Å². The predicted octanol–water partition coefficient (Wildman–Crippen LogP) is 5.61. The van der Waals surface area contributed by atoms with E-state index in [9.17, 15) is 40.5 Å². The number of nitrogens with zero attached hydrogens (tertiary/aromatic N) is 3. The van der Waals surface area contributed by atoms with Crippen molar-refractivity contribution >= 4 is 41.4 Å². The molecule has 254 valence electrons. The molecule has 6 rings (SSSR count). The Balaban J connectivity index is 0.000000268. The molecule has 5 aromatic rings. The van der Waals surface area contributed by atoms with Gasteiger partial charge in [0.15, 0.2) is 40.7 Å². The van der Waals surface area contributed by atoms with Crippen LogP contribution in [0.25, 0.3) is 0 Å². The maximum Gasteiger partial charge on any atom is 0.338 e. The molecule has 2 heterocycles. The number of esters is 1. The number of fused-ring (bicyclic) bond motifs is 1. The fraction of sp³-hybridized carbons (Fsp3) is 0.0909. The van der Waals surface area contributed by atoms with E-state index in [1.807, 2.05) is 30.3 Å². The molecule has 2 atom stereocenters. The minimum absolute atomic E-state index is 0. The number of ether oxygens (including phenoxy) is 2. The molecule has 2 unspecified atom stereocenters. The summed E-state index contributed by atoms with van der Waals surface area (Å²) in [6, 6.07) is 20.8. The van der Waals surface area contributed by atoms with Gasteiger partial charge in [-0.2, -0.15) is 5.11 Å². The number of aromatic hydroxyl groups is 7. The Morgan fingerprint density at radius 1 is 0.776 bits per heavy atom. The van der Waals surface area contributed by atoms with Gasteiger partial charge in [-0.1, -0.05) is 24.3 Å². The first-order valence-corrected chi connectivity index (χ1v) is 14.1. The van der Waals surface area contributed by atoms with Gasteiger partial charge in [0.1, 0.15) is 34.9 Å². The van der Waals surface area contributed by atoms with Gasteiger partial charge in [-0.25, -0.2) is 9.78 Å². The standard InChI is InChI=1S/C22H18O10.C11H11N5.ClH/c23-11-6-14(25)12-8-19(32-22(30)10-4-16(27)20(29)17(28)5-10)21(31-18(12)7-11)9-1-2-13(24)15(26)3-9;12-10-7-6-9(11(13)14-10)16-15-8-4-2-1-3-5-8;/h1-7,19,21,23-29H,8H2;1-7H,(H4,12,13,14);1H. The van der Waals surface area contributed by atoms with Crippen molar-refractivity contribution in [3.05, 3.63) is 102 Å². The van der Waals surface area contributed by atoms with Crippen LogP contribution in [-0.4, -0.2) is 52.8 Å². The van der Waals surface area contributed by atoms with Crippen molar-refractivity contribution in [2.45, 2.75) is 18.6 Å². The van der Waals surface area contributed by atoms with Crippen LogP contribution < -0.4 is 16.2 Å². The van der Waals surface area contributed by atoms with E-state index < -0.39 is 41.2 Å². The molecule has 0 fully saturated rings. The summed E-state index contributed by atoms with van der Waals surface area (Å²) in [5.41, 5.74) is 12.7. The minimum atomic E-state index is -1.06. The minimum Gasteiger partial charge on any atom is -0.508 e. The van der Waals surface area contributed by atoms with Gasteiger partial charge < -0.3 is 56.7 Å². The van der Waals surface area contributed by atoms with Crippen LogP contribution in [0.3, 0.4) is 0 Å². The summed E-state index contributed by atoms with van der Waals surface area (Å²) in [6.07, 6.45) is -2.12. The van der Waals surface area contributed by atoms with Crippen LogP contribution in [0.4, 0.5) is 23.0 Å². The lowest BCUT2D eigenvalue weighted by Gasteiger charge is -2.34. The van der Waals surface area contributed by atoms with Crippen LogP contribution in [0.15, 0.2) is 95.2 Å². The smallest absolute Gasteiger partial charge is 0.338 e. The van der Waals surface area contributed by atoms with E-state index in [1.54, 1.807) is 12.1 Å². The number of azo groups is 1. The van der Waals surface area contributed by atoms with Gasteiger partial charge >= 0.3 is 5.97 Å². The summed E-state index contributed by atoms with van der Waals surface area (Å²) in [5, 5.41) is 76.3. The molecule has 0 saturated heterocycles. The molecule has 16 heteroatoms. The first-order chi connectivity index (χ1) is 22.9. The average molecular weight is 692 g/mol. The van der Waals surface area contributed by atoms with Gasteiger partial charge in [-0.05, 0) is 48.5 Å². The number of pyridine rings is 1. The number of benzene rings is 4. The Morgan fingerprint density at radius 2 is 1.47 bits per heavy atom. The summed E-state index contributed by atoms with van der Waals surface area (Å²) < 4.78 is 11.4. The number of phenolic OH excluding ortho intramolecular Hbond substituents is 7. The summed E-state index contributed by atoms with van der Waals surface area (Å²) in [6.45, 7) is 0. The Morgan fingerprint density at radius 3 is 2.12 bits per heavy atom. The molecule has 15 nitrogen and oxygen atoms in total. The number of phenols is 7. The fourth-order valence-corrected chi connectivity index (χ4v) is 4.65. The van der Waals surface area contributed by atoms with Gasteiger partial charge in [0.05, 0.1) is 11.3 Å². The molecule has 0 spiro atoms. The van der Waals surface area contributed by atoms with Gasteiger partial charge in [-0.15, -0.1) is 17.5 Å². The molecule has 0 radical (unpaired) electrons. The van der Waals surface area contributed by atoms with E-state index >= 15 is 0 Å². The van der Waals surface area contributed by atoms with Gasteiger partial charge in [-0.3, -0.25) is 0 Å². The summed E-state index contributed by atoms with van der Waals surface area (Å²) in [7, 11) is 0. The van der Waals surface area contributed by atoms with E-state index in [0.717, 1.165) is 23.9 Å².